The zero-order valence-corrected chi connectivity index (χ0v) is 29.7. The Kier molecular flexibility index (Phi) is 35.1. The Hall–Kier alpha value is -3.48. The summed E-state index contributed by atoms with van der Waals surface area (Å²) in [6.07, 6.45) is 2.91. The Morgan fingerprint density at radius 2 is 0.872 bits per heavy atom. The number of rotatable bonds is 4. The molecule has 2 heterocycles. The van der Waals surface area contributed by atoms with Crippen LogP contribution in [0.2, 0.25) is 10.0 Å². The molecule has 0 aliphatic heterocycles. The second-order valence-corrected chi connectivity index (χ2v) is 8.57. The van der Waals surface area contributed by atoms with E-state index in [1.807, 2.05) is 0 Å². The van der Waals surface area contributed by atoms with Crippen molar-refractivity contribution in [3.63, 3.8) is 0 Å². The van der Waals surface area contributed by atoms with Crippen molar-refractivity contribution < 1.29 is 58.7 Å². The Labute approximate surface area is 294 Å². The first kappa shape index (κ1) is 53.0. The van der Waals surface area contributed by atoms with E-state index in [-0.39, 0.29) is 52.7 Å². The van der Waals surface area contributed by atoms with Gasteiger partial charge in [0.15, 0.2) is 23.3 Å². The maximum Gasteiger partial charge on any atom is 2.00 e. The molecule has 47 heavy (non-hydrogen) atoms. The fraction of sp³-hybridized carbons (Fsp3) is 0.357. The van der Waals surface area contributed by atoms with Gasteiger partial charge < -0.3 is 41.6 Å². The quantitative estimate of drug-likeness (QED) is 0.166. The third kappa shape index (κ3) is 20.4. The molecular weight excluding hydrogens is 711 g/mol. The molecule has 0 fully saturated rings. The zero-order valence-electron chi connectivity index (χ0n) is 27.3. The largest absolute Gasteiger partial charge is 2.00 e. The van der Waals surface area contributed by atoms with Crippen molar-refractivity contribution in [1.29, 1.82) is 0 Å². The molecule has 8 N–H and O–H groups in total. The van der Waals surface area contributed by atoms with Gasteiger partial charge in [-0.25, -0.2) is 9.35 Å². The molecule has 2 aromatic carbocycles. The molecule has 0 aliphatic carbocycles. The summed E-state index contributed by atoms with van der Waals surface area (Å²) in [5, 5.41) is 76.9. The number of aromatic nitrogens is 6. The minimum atomic E-state index is -0.124. The van der Waals surface area contributed by atoms with Crippen LogP contribution in [0.25, 0.3) is 0 Å². The molecule has 1 radical (unpaired) electrons. The molecule has 0 saturated heterocycles. The molecule has 0 atom stereocenters. The van der Waals surface area contributed by atoms with E-state index < -0.39 is 0 Å². The third-order valence-corrected chi connectivity index (χ3v) is 4.94. The average molecular weight is 755 g/mol. The second kappa shape index (κ2) is 31.1. The van der Waals surface area contributed by atoms with Crippen LogP contribution in [0, 0.1) is 27.7 Å². The van der Waals surface area contributed by atoms with E-state index in [0.717, 1.165) is 14.2 Å². The fourth-order valence-electron chi connectivity index (χ4n) is 2.74. The number of nitrogens with zero attached hydrogens (tertiary/aromatic N) is 8. The Balaban J connectivity index is -0.000000187. The van der Waals surface area contributed by atoms with Gasteiger partial charge in [0.2, 0.25) is 0 Å². The number of aliphatic hydroxyl groups is 4. The average Bonchev–Trinajstić information content (AvgIpc) is 3.51. The van der Waals surface area contributed by atoms with Crippen molar-refractivity contribution in [2.75, 3.05) is 27.4 Å². The predicted molar refractivity (Wildman–Crippen MR) is 176 cm³/mol. The van der Waals surface area contributed by atoms with Crippen LogP contribution in [0.1, 0.15) is 48.3 Å². The van der Waals surface area contributed by atoms with E-state index in [1.165, 1.54) is 24.6 Å². The molecule has 0 aliphatic rings. The molecule has 4 rings (SSSR count). The predicted octanol–water partition coefficient (Wildman–Crippen LogP) is 0.571. The molecule has 4 aromatic rings. The Bertz CT molecular complexity index is 1280. The van der Waals surface area contributed by atoms with Crippen molar-refractivity contribution >= 4 is 35.6 Å². The normalized spacial score (nSPS) is 9.15. The van der Waals surface area contributed by atoms with Crippen molar-refractivity contribution in [3.05, 3.63) is 80.9 Å². The van der Waals surface area contributed by atoms with Gasteiger partial charge in [-0.1, -0.05) is 46.8 Å². The summed E-state index contributed by atoms with van der Waals surface area (Å²) >= 11 is 11.6. The summed E-state index contributed by atoms with van der Waals surface area (Å²) in [6.45, 7) is 11.0. The van der Waals surface area contributed by atoms with E-state index in [0.29, 0.717) is 44.5 Å². The standard InChI is InChI=1S/2C11H11ClN4O.2C2H6O.2CH4O.Cu.2H2O/c2*1-7-14-15-8(2)16(7)13-6-9-5-10(12)3-4-11(9)17;2*1-2-3;2*1-2;;;/h2*3-6,17H,1-2H3;2*3H,2H2,1H3;2*2H,1H3;;2*1H2/q;;;;;;+2;;/p-2/b2*13-6+;;;;;;;. The second-order valence-electron chi connectivity index (χ2n) is 7.70. The first-order valence-electron chi connectivity index (χ1n) is 12.9. The fourth-order valence-corrected chi connectivity index (χ4v) is 3.10. The van der Waals surface area contributed by atoms with Gasteiger partial charge in [-0.3, -0.25) is 0 Å². The SMILES string of the molecule is CCO.CCO.CO.CO.Cc1nnc(C)n1/N=C/c1cc(Cl)ccc1[O-].Cc1nnc(C)n1/N=C/c1cc(Cl)ccc1[O-].O.O.[Cu+2]. The molecule has 269 valence electrons. The van der Waals surface area contributed by atoms with E-state index in [4.69, 9.17) is 43.6 Å². The molecule has 0 saturated carbocycles. The molecule has 0 unspecified atom stereocenters. The van der Waals surface area contributed by atoms with E-state index in [9.17, 15) is 10.2 Å². The monoisotopic (exact) mass is 753 g/mol. The summed E-state index contributed by atoms with van der Waals surface area (Å²) in [7, 11) is 2.00. The van der Waals surface area contributed by atoms with Gasteiger partial charge in [-0.15, -0.1) is 20.4 Å². The van der Waals surface area contributed by atoms with Crippen LogP contribution in [0.3, 0.4) is 0 Å². The minimum absolute atomic E-state index is 0. The van der Waals surface area contributed by atoms with Gasteiger partial charge in [0, 0.05) is 37.5 Å². The molecule has 0 amide bonds. The number of aliphatic hydroxyl groups excluding tert-OH is 4. The van der Waals surface area contributed by atoms with E-state index in [2.05, 4.69) is 30.6 Å². The molecule has 2 aromatic heterocycles. The molecule has 0 bridgehead atoms. The topological polar surface area (TPSA) is 276 Å². The van der Waals surface area contributed by atoms with Gasteiger partial charge >= 0.3 is 17.1 Å². The maximum absolute atomic E-state index is 11.5. The van der Waals surface area contributed by atoms with Crippen LogP contribution in [0.5, 0.6) is 11.5 Å². The number of halogens is 2. The van der Waals surface area contributed by atoms with E-state index in [1.54, 1.807) is 75.2 Å². The van der Waals surface area contributed by atoms with Crippen LogP contribution in [-0.2, 0) is 17.1 Å². The summed E-state index contributed by atoms with van der Waals surface area (Å²) in [6, 6.07) is 9.07. The minimum Gasteiger partial charge on any atom is -0.872 e. The van der Waals surface area contributed by atoms with Crippen LogP contribution in [0.15, 0.2) is 46.6 Å². The summed E-state index contributed by atoms with van der Waals surface area (Å²) in [4.78, 5) is 0. The molecule has 0 spiro atoms. The Morgan fingerprint density at radius 1 is 0.638 bits per heavy atom. The third-order valence-electron chi connectivity index (χ3n) is 4.47. The summed E-state index contributed by atoms with van der Waals surface area (Å²) in [5.74, 6) is 2.39. The van der Waals surface area contributed by atoms with Crippen molar-refractivity contribution in [1.82, 2.24) is 29.7 Å². The van der Waals surface area contributed by atoms with Gasteiger partial charge in [0.1, 0.15) is 0 Å². The van der Waals surface area contributed by atoms with Crippen molar-refractivity contribution in [3.8, 4) is 11.5 Å². The number of aryl methyl sites for hydroxylation is 4. The number of benzene rings is 2. The molecular formula is C28H44Cl2CuN8O8. The smallest absolute Gasteiger partial charge is 0.872 e. The van der Waals surface area contributed by atoms with Crippen molar-refractivity contribution in [2.24, 2.45) is 10.2 Å². The van der Waals surface area contributed by atoms with Crippen LogP contribution < -0.4 is 10.2 Å². The molecule has 16 nitrogen and oxygen atoms in total. The van der Waals surface area contributed by atoms with Gasteiger partial charge in [-0.05, 0) is 76.9 Å². The molecule has 19 heteroatoms. The zero-order chi connectivity index (χ0) is 34.2. The summed E-state index contributed by atoms with van der Waals surface area (Å²) in [5.41, 5.74) is 0.870. The van der Waals surface area contributed by atoms with Gasteiger partial charge in [0.05, 0.1) is 12.4 Å². The Morgan fingerprint density at radius 3 is 1.11 bits per heavy atom. The van der Waals surface area contributed by atoms with Gasteiger partial charge in [0.25, 0.3) is 0 Å². The van der Waals surface area contributed by atoms with Crippen molar-refractivity contribution in [2.45, 2.75) is 41.5 Å². The summed E-state index contributed by atoms with van der Waals surface area (Å²) < 4.78 is 3.11. The maximum atomic E-state index is 11.5. The van der Waals surface area contributed by atoms with Crippen LogP contribution >= 0.6 is 23.2 Å². The first-order valence-corrected chi connectivity index (χ1v) is 13.6. The van der Waals surface area contributed by atoms with E-state index >= 15 is 0 Å². The van der Waals surface area contributed by atoms with Gasteiger partial charge in [-0.2, -0.15) is 10.2 Å². The first-order chi connectivity index (χ1) is 21.0. The number of hydrogen-bond acceptors (Lipinski definition) is 12. The van der Waals surface area contributed by atoms with Crippen LogP contribution in [-0.4, -0.2) is 101 Å². The van der Waals surface area contributed by atoms with Crippen LogP contribution in [0.4, 0.5) is 0 Å². The number of hydrogen-bond donors (Lipinski definition) is 4.